The van der Waals surface area contributed by atoms with Crippen LogP contribution in [0.3, 0.4) is 0 Å². The van der Waals surface area contributed by atoms with Gasteiger partial charge in [-0.1, -0.05) is 25.0 Å². The van der Waals surface area contributed by atoms with Crippen molar-refractivity contribution in [2.45, 2.75) is 39.2 Å². The van der Waals surface area contributed by atoms with E-state index in [4.69, 9.17) is 14.5 Å². The van der Waals surface area contributed by atoms with Gasteiger partial charge in [0.1, 0.15) is 12.4 Å². The number of ether oxygens (including phenoxy) is 2. The Hall–Kier alpha value is -1.55. The quantitative estimate of drug-likeness (QED) is 0.210. The lowest BCUT2D eigenvalue weighted by atomic mass is 9.84. The highest BCUT2D eigenvalue weighted by atomic mass is 127. The summed E-state index contributed by atoms with van der Waals surface area (Å²) in [6, 6.07) is 7.93. The van der Waals surface area contributed by atoms with Gasteiger partial charge in [-0.15, -0.1) is 24.0 Å². The summed E-state index contributed by atoms with van der Waals surface area (Å²) in [4.78, 5) is 19.2. The number of methoxy groups -OCH3 is 1. The Kier molecular flexibility index (Phi) is 12.1. The van der Waals surface area contributed by atoms with Gasteiger partial charge in [0.2, 0.25) is 5.91 Å². The van der Waals surface area contributed by atoms with E-state index >= 15 is 0 Å². The number of nitrogens with one attached hydrogen (secondary N) is 2. The van der Waals surface area contributed by atoms with E-state index in [1.165, 1.54) is 0 Å². The van der Waals surface area contributed by atoms with Crippen molar-refractivity contribution in [3.8, 4) is 5.75 Å². The fraction of sp³-hybridized carbons (Fsp3) is 0.636. The zero-order valence-corrected chi connectivity index (χ0v) is 21.0. The van der Waals surface area contributed by atoms with E-state index in [1.54, 1.807) is 12.0 Å². The molecule has 0 aliphatic heterocycles. The molecule has 1 aliphatic rings. The highest BCUT2D eigenvalue weighted by Gasteiger charge is 2.42. The fourth-order valence-electron chi connectivity index (χ4n) is 3.73. The average Bonchev–Trinajstić information content (AvgIpc) is 3.20. The highest BCUT2D eigenvalue weighted by Crippen LogP contribution is 2.38. The van der Waals surface area contributed by atoms with Crippen LogP contribution >= 0.6 is 24.0 Å². The molecule has 1 aromatic carbocycles. The van der Waals surface area contributed by atoms with Gasteiger partial charge in [0.05, 0.1) is 18.6 Å². The molecule has 30 heavy (non-hydrogen) atoms. The number of guanidine groups is 1. The maximum absolute atomic E-state index is 12.8. The van der Waals surface area contributed by atoms with Crippen LogP contribution in [0.15, 0.2) is 29.3 Å². The normalized spacial score (nSPS) is 15.3. The van der Waals surface area contributed by atoms with E-state index in [1.807, 2.05) is 45.3 Å². The second kappa shape index (κ2) is 13.7. The molecule has 7 nitrogen and oxygen atoms in total. The molecule has 1 aliphatic carbocycles. The minimum Gasteiger partial charge on any atom is -0.491 e. The monoisotopic (exact) mass is 532 g/mol. The Morgan fingerprint density at radius 3 is 2.57 bits per heavy atom. The van der Waals surface area contributed by atoms with Crippen LogP contribution in [0.4, 0.5) is 0 Å². The molecule has 2 N–H and O–H groups in total. The van der Waals surface area contributed by atoms with Crippen molar-refractivity contribution < 1.29 is 14.3 Å². The topological polar surface area (TPSA) is 75.2 Å². The van der Waals surface area contributed by atoms with Crippen molar-refractivity contribution in [3.63, 3.8) is 0 Å². The van der Waals surface area contributed by atoms with Gasteiger partial charge < -0.3 is 25.0 Å². The zero-order chi connectivity index (χ0) is 21.1. The largest absolute Gasteiger partial charge is 0.491 e. The molecule has 1 saturated carbocycles. The lowest BCUT2D eigenvalue weighted by Gasteiger charge is -2.31. The number of hydrogen-bond donors (Lipinski definition) is 2. The van der Waals surface area contributed by atoms with Crippen molar-refractivity contribution in [1.82, 2.24) is 15.5 Å². The summed E-state index contributed by atoms with van der Waals surface area (Å²) in [5.41, 5.74) is 0.742. The number of rotatable bonds is 10. The van der Waals surface area contributed by atoms with Crippen LogP contribution in [0.1, 0.15) is 38.2 Å². The maximum atomic E-state index is 12.8. The molecule has 1 fully saturated rings. The van der Waals surface area contributed by atoms with Gasteiger partial charge >= 0.3 is 0 Å². The second-order valence-corrected chi connectivity index (χ2v) is 7.72. The summed E-state index contributed by atoms with van der Waals surface area (Å²) < 4.78 is 10.7. The molecule has 0 radical (unpaired) electrons. The molecule has 1 amide bonds. The van der Waals surface area contributed by atoms with E-state index in [0.717, 1.165) is 49.5 Å². The van der Waals surface area contributed by atoms with Gasteiger partial charge in [-0.25, -0.2) is 4.99 Å². The summed E-state index contributed by atoms with van der Waals surface area (Å²) >= 11 is 0. The van der Waals surface area contributed by atoms with Gasteiger partial charge in [0, 0.05) is 34.3 Å². The zero-order valence-electron chi connectivity index (χ0n) is 18.7. The lowest BCUT2D eigenvalue weighted by Crippen LogP contribution is -2.49. The summed E-state index contributed by atoms with van der Waals surface area (Å²) in [5, 5.41) is 6.69. The maximum Gasteiger partial charge on any atom is 0.230 e. The molecule has 0 bridgehead atoms. The van der Waals surface area contributed by atoms with Gasteiger partial charge in [0.15, 0.2) is 5.96 Å². The first kappa shape index (κ1) is 26.5. The third kappa shape index (κ3) is 7.94. The number of hydrogen-bond acceptors (Lipinski definition) is 4. The van der Waals surface area contributed by atoms with E-state index in [-0.39, 0.29) is 35.3 Å². The smallest absolute Gasteiger partial charge is 0.230 e. The minimum absolute atomic E-state index is 0. The highest BCUT2D eigenvalue weighted by molar-refractivity contribution is 14.0. The van der Waals surface area contributed by atoms with Crippen LogP contribution < -0.4 is 15.4 Å². The number of carbonyl (C=O) groups excluding carboxylic acids is 1. The lowest BCUT2D eigenvalue weighted by molar-refractivity contribution is -0.138. The third-order valence-electron chi connectivity index (χ3n) is 5.23. The minimum atomic E-state index is -0.325. The van der Waals surface area contributed by atoms with Crippen LogP contribution in [0.5, 0.6) is 5.75 Å². The predicted molar refractivity (Wildman–Crippen MR) is 132 cm³/mol. The van der Waals surface area contributed by atoms with Crippen molar-refractivity contribution in [2.24, 2.45) is 10.4 Å². The molecule has 0 aromatic heterocycles. The van der Waals surface area contributed by atoms with Crippen LogP contribution in [0.25, 0.3) is 0 Å². The van der Waals surface area contributed by atoms with Crippen molar-refractivity contribution in [2.75, 3.05) is 47.5 Å². The standard InChI is InChI=1S/C22H36N4O3.HI/c1-5-23-21(25-17-22(11-6-7-12-22)20(27)26(2)3)24-16-18-9-8-10-19(15-18)29-14-13-28-4;/h8-10,15H,5-7,11-14,16-17H2,1-4H3,(H2,23,24,25);1H. The van der Waals surface area contributed by atoms with Crippen LogP contribution in [-0.4, -0.2) is 64.3 Å². The molecule has 0 spiro atoms. The fourth-order valence-corrected chi connectivity index (χ4v) is 3.73. The van der Waals surface area contributed by atoms with Crippen molar-refractivity contribution >= 4 is 35.8 Å². The summed E-state index contributed by atoms with van der Waals surface area (Å²) in [7, 11) is 5.33. The predicted octanol–water partition coefficient (Wildman–Crippen LogP) is 3.03. The SMILES string of the molecule is CCNC(=NCc1cccc(OCCOC)c1)NCC1(C(=O)N(C)C)CCCC1.I. The Balaban J connectivity index is 0.00000450. The molecule has 2 rings (SSSR count). The summed E-state index contributed by atoms with van der Waals surface area (Å²) in [6.07, 6.45) is 4.06. The summed E-state index contributed by atoms with van der Waals surface area (Å²) in [6.45, 7) is 5.03. The molecular weight excluding hydrogens is 495 g/mol. The number of carbonyl (C=O) groups is 1. The molecule has 0 heterocycles. The number of nitrogens with zero attached hydrogens (tertiary/aromatic N) is 2. The first-order chi connectivity index (χ1) is 14.0. The van der Waals surface area contributed by atoms with Crippen LogP contribution in [0.2, 0.25) is 0 Å². The molecule has 0 atom stereocenters. The first-order valence-electron chi connectivity index (χ1n) is 10.5. The third-order valence-corrected chi connectivity index (χ3v) is 5.23. The number of aliphatic imine (C=N–C) groups is 1. The molecule has 8 heteroatoms. The molecule has 170 valence electrons. The second-order valence-electron chi connectivity index (χ2n) is 7.72. The van der Waals surface area contributed by atoms with Gasteiger partial charge in [-0.05, 0) is 37.5 Å². The van der Waals surface area contributed by atoms with E-state index in [9.17, 15) is 4.79 Å². The Morgan fingerprint density at radius 1 is 1.20 bits per heavy atom. The van der Waals surface area contributed by atoms with Gasteiger partial charge in [-0.2, -0.15) is 0 Å². The van der Waals surface area contributed by atoms with Crippen molar-refractivity contribution in [1.29, 1.82) is 0 Å². The molecule has 0 unspecified atom stereocenters. The van der Waals surface area contributed by atoms with E-state index in [2.05, 4.69) is 10.6 Å². The summed E-state index contributed by atoms with van der Waals surface area (Å²) in [5.74, 6) is 1.75. The number of halogens is 1. The Bertz CT molecular complexity index is 676. The molecular formula is C22H37IN4O3. The van der Waals surface area contributed by atoms with Crippen molar-refractivity contribution in [3.05, 3.63) is 29.8 Å². The van der Waals surface area contributed by atoms with Crippen LogP contribution in [0, 0.1) is 5.41 Å². The molecule has 1 aromatic rings. The Morgan fingerprint density at radius 2 is 1.93 bits per heavy atom. The number of amides is 1. The van der Waals surface area contributed by atoms with Crippen LogP contribution in [-0.2, 0) is 16.1 Å². The number of benzene rings is 1. The van der Waals surface area contributed by atoms with Gasteiger partial charge in [0.25, 0.3) is 0 Å². The average molecular weight is 532 g/mol. The Labute approximate surface area is 198 Å². The van der Waals surface area contributed by atoms with Gasteiger partial charge in [-0.3, -0.25) is 4.79 Å². The first-order valence-corrected chi connectivity index (χ1v) is 10.5. The van der Waals surface area contributed by atoms with E-state index < -0.39 is 0 Å². The molecule has 0 saturated heterocycles. The van der Waals surface area contributed by atoms with E-state index in [0.29, 0.717) is 26.3 Å².